The highest BCUT2D eigenvalue weighted by atomic mass is 35.5. The molecule has 2 rings (SSSR count). The minimum absolute atomic E-state index is 0.158. The number of carbonyl (C=O) groups is 1. The Morgan fingerprint density at radius 1 is 1.43 bits per heavy atom. The third kappa shape index (κ3) is 4.37. The number of piperidine rings is 1. The third-order valence-corrected chi connectivity index (χ3v) is 5.01. The molecule has 0 spiro atoms. The first-order valence-electron chi connectivity index (χ1n) is 7.75. The largest absolute Gasteiger partial charge is 0.483 e. The Morgan fingerprint density at radius 3 is 2.74 bits per heavy atom. The molecule has 3 N–H and O–H groups in total. The van der Waals surface area contributed by atoms with Gasteiger partial charge in [-0.15, -0.1) is 0 Å². The van der Waals surface area contributed by atoms with Crippen LogP contribution in [0.2, 0.25) is 5.02 Å². The van der Waals surface area contributed by atoms with Gasteiger partial charge in [0.2, 0.25) is 0 Å². The van der Waals surface area contributed by atoms with Crippen molar-refractivity contribution in [3.8, 4) is 5.75 Å². The summed E-state index contributed by atoms with van der Waals surface area (Å²) < 4.78 is 5.48. The molecule has 1 amide bonds. The zero-order chi connectivity index (χ0) is 17.3. The molecule has 0 bridgehead atoms. The zero-order valence-electron chi connectivity index (χ0n) is 13.9. The van der Waals surface area contributed by atoms with E-state index in [1.165, 1.54) is 0 Å². The Hall–Kier alpha value is -1.30. The van der Waals surface area contributed by atoms with Crippen molar-refractivity contribution >= 4 is 17.5 Å². The van der Waals surface area contributed by atoms with Crippen molar-refractivity contribution in [1.29, 1.82) is 0 Å². The fourth-order valence-corrected chi connectivity index (χ4v) is 3.05. The Bertz CT molecular complexity index is 587. The average molecular weight is 341 g/mol. The quantitative estimate of drug-likeness (QED) is 0.861. The minimum atomic E-state index is -0.677. The molecular formula is C17H25ClN2O3. The minimum Gasteiger partial charge on any atom is -0.483 e. The van der Waals surface area contributed by atoms with Gasteiger partial charge in [-0.3, -0.25) is 9.69 Å². The summed E-state index contributed by atoms with van der Waals surface area (Å²) in [5.41, 5.74) is 5.17. The highest BCUT2D eigenvalue weighted by Crippen LogP contribution is 2.39. The number of hydrogen-bond acceptors (Lipinski definition) is 4. The summed E-state index contributed by atoms with van der Waals surface area (Å²) in [5, 5.41) is 11.1. The fraction of sp³-hybridized carbons (Fsp3) is 0.588. The maximum Gasteiger partial charge on any atom is 0.255 e. The summed E-state index contributed by atoms with van der Waals surface area (Å²) in [6.45, 7) is 8.08. The van der Waals surface area contributed by atoms with Crippen molar-refractivity contribution in [3.05, 3.63) is 28.8 Å². The van der Waals surface area contributed by atoms with Gasteiger partial charge in [-0.2, -0.15) is 0 Å². The van der Waals surface area contributed by atoms with Crippen LogP contribution in [-0.2, 0) is 11.3 Å². The van der Waals surface area contributed by atoms with Crippen molar-refractivity contribution in [2.75, 3.05) is 19.7 Å². The number of hydrogen-bond donors (Lipinski definition) is 2. The lowest BCUT2D eigenvalue weighted by Crippen LogP contribution is -2.55. The Morgan fingerprint density at radius 2 is 2.13 bits per heavy atom. The molecule has 128 valence electrons. The number of likely N-dealkylation sites (tertiary alicyclic amines) is 1. The van der Waals surface area contributed by atoms with Crippen molar-refractivity contribution < 1.29 is 14.6 Å². The number of halogens is 1. The molecule has 1 saturated heterocycles. The van der Waals surface area contributed by atoms with Crippen LogP contribution in [0.4, 0.5) is 0 Å². The molecule has 0 unspecified atom stereocenters. The topological polar surface area (TPSA) is 75.8 Å². The number of ether oxygens (including phenoxy) is 1. The molecule has 5 nitrogen and oxygen atoms in total. The molecule has 1 aromatic rings. The Kier molecular flexibility index (Phi) is 5.23. The molecule has 0 aromatic heterocycles. The Labute approximate surface area is 142 Å². The van der Waals surface area contributed by atoms with E-state index in [1.807, 2.05) is 13.0 Å². The average Bonchev–Trinajstić information content (AvgIpc) is 2.42. The summed E-state index contributed by atoms with van der Waals surface area (Å²) in [5.74, 6) is 0.101. The van der Waals surface area contributed by atoms with Crippen molar-refractivity contribution in [2.45, 2.75) is 39.3 Å². The van der Waals surface area contributed by atoms with E-state index in [2.05, 4.69) is 18.7 Å². The number of nitrogens with two attached hydrogens (primary N) is 1. The van der Waals surface area contributed by atoms with Crippen molar-refractivity contribution in [1.82, 2.24) is 4.90 Å². The van der Waals surface area contributed by atoms with Crippen LogP contribution in [0.25, 0.3) is 0 Å². The molecule has 6 heteroatoms. The van der Waals surface area contributed by atoms with Crippen LogP contribution < -0.4 is 10.5 Å². The lowest BCUT2D eigenvalue weighted by Gasteiger charge is -2.48. The maximum absolute atomic E-state index is 10.9. The molecule has 0 saturated carbocycles. The van der Waals surface area contributed by atoms with E-state index in [1.54, 1.807) is 12.1 Å². The normalized spacial score (nSPS) is 24.4. The summed E-state index contributed by atoms with van der Waals surface area (Å²) in [4.78, 5) is 13.2. The maximum atomic E-state index is 10.9. The molecule has 1 aromatic carbocycles. The standard InChI is InChI=1S/C17H25ClN2O3/c1-16(2)11-20(7-6-17(16,3)22)9-12-8-13(18)4-5-14(12)23-10-15(19)21/h4-5,8,22H,6-7,9-11H2,1-3H3,(H2,19,21)/t17-/m1/s1. The Balaban J connectivity index is 2.13. The summed E-state index contributed by atoms with van der Waals surface area (Å²) >= 11 is 6.09. The predicted molar refractivity (Wildman–Crippen MR) is 90.4 cm³/mol. The van der Waals surface area contributed by atoms with E-state index < -0.39 is 11.5 Å². The van der Waals surface area contributed by atoms with Gasteiger partial charge in [0, 0.05) is 35.6 Å². The van der Waals surface area contributed by atoms with Crippen LogP contribution in [0, 0.1) is 5.41 Å². The van der Waals surface area contributed by atoms with E-state index in [0.717, 1.165) is 18.7 Å². The van der Waals surface area contributed by atoms with Gasteiger partial charge < -0.3 is 15.6 Å². The van der Waals surface area contributed by atoms with E-state index in [9.17, 15) is 9.90 Å². The van der Waals surface area contributed by atoms with E-state index in [4.69, 9.17) is 22.1 Å². The fourth-order valence-electron chi connectivity index (χ4n) is 2.86. The van der Waals surface area contributed by atoms with Gasteiger partial charge in [0.05, 0.1) is 5.60 Å². The van der Waals surface area contributed by atoms with Crippen LogP contribution in [-0.4, -0.2) is 41.2 Å². The molecule has 1 heterocycles. The van der Waals surface area contributed by atoms with Crippen LogP contribution in [0.15, 0.2) is 18.2 Å². The van der Waals surface area contributed by atoms with Gasteiger partial charge >= 0.3 is 0 Å². The molecule has 1 atom stereocenters. The van der Waals surface area contributed by atoms with Crippen LogP contribution >= 0.6 is 11.6 Å². The molecule has 1 aliphatic heterocycles. The monoisotopic (exact) mass is 340 g/mol. The second kappa shape index (κ2) is 6.67. The first kappa shape index (κ1) is 18.0. The molecule has 1 aliphatic rings. The summed E-state index contributed by atoms with van der Waals surface area (Å²) in [6, 6.07) is 5.33. The van der Waals surface area contributed by atoms with Gasteiger partial charge in [-0.1, -0.05) is 25.4 Å². The molecule has 23 heavy (non-hydrogen) atoms. The second-order valence-electron chi connectivity index (χ2n) is 7.13. The van der Waals surface area contributed by atoms with E-state index in [-0.39, 0.29) is 12.0 Å². The lowest BCUT2D eigenvalue weighted by molar-refractivity contribution is -0.120. The van der Waals surface area contributed by atoms with E-state index in [0.29, 0.717) is 23.7 Å². The molecule has 0 radical (unpaired) electrons. The summed E-state index contributed by atoms with van der Waals surface area (Å²) in [7, 11) is 0. The third-order valence-electron chi connectivity index (χ3n) is 4.78. The molecular weight excluding hydrogens is 316 g/mol. The van der Waals surface area contributed by atoms with Crippen LogP contribution in [0.5, 0.6) is 5.75 Å². The van der Waals surface area contributed by atoms with Gasteiger partial charge in [-0.05, 0) is 31.5 Å². The van der Waals surface area contributed by atoms with Gasteiger partial charge in [0.25, 0.3) is 5.91 Å². The number of rotatable bonds is 5. The number of primary amides is 1. The van der Waals surface area contributed by atoms with Gasteiger partial charge in [0.1, 0.15) is 5.75 Å². The van der Waals surface area contributed by atoms with Crippen LogP contribution in [0.3, 0.4) is 0 Å². The van der Waals surface area contributed by atoms with Crippen molar-refractivity contribution in [3.63, 3.8) is 0 Å². The predicted octanol–water partition coefficient (Wildman–Crippen LogP) is 2.19. The first-order chi connectivity index (χ1) is 10.6. The first-order valence-corrected chi connectivity index (χ1v) is 8.13. The zero-order valence-corrected chi connectivity index (χ0v) is 14.7. The van der Waals surface area contributed by atoms with Gasteiger partial charge in [-0.25, -0.2) is 0 Å². The number of carbonyl (C=O) groups excluding carboxylic acids is 1. The van der Waals surface area contributed by atoms with Gasteiger partial charge in [0.15, 0.2) is 6.61 Å². The number of nitrogens with zero attached hydrogens (tertiary/aromatic N) is 1. The number of benzene rings is 1. The van der Waals surface area contributed by atoms with E-state index >= 15 is 0 Å². The number of aliphatic hydroxyl groups is 1. The molecule has 1 fully saturated rings. The van der Waals surface area contributed by atoms with Crippen LogP contribution in [0.1, 0.15) is 32.8 Å². The smallest absolute Gasteiger partial charge is 0.255 e. The summed E-state index contributed by atoms with van der Waals surface area (Å²) in [6.07, 6.45) is 0.706. The number of amides is 1. The lowest BCUT2D eigenvalue weighted by atomic mass is 9.71. The van der Waals surface area contributed by atoms with Crippen molar-refractivity contribution in [2.24, 2.45) is 11.1 Å². The highest BCUT2D eigenvalue weighted by molar-refractivity contribution is 6.30. The highest BCUT2D eigenvalue weighted by Gasteiger charge is 2.43. The second-order valence-corrected chi connectivity index (χ2v) is 7.56. The molecule has 0 aliphatic carbocycles. The SMILES string of the molecule is CC1(C)CN(Cc2cc(Cl)ccc2OCC(N)=O)CC[C@@]1(C)O.